The van der Waals surface area contributed by atoms with Crippen molar-refractivity contribution in [1.29, 1.82) is 0 Å². The Labute approximate surface area is 127 Å². The fourth-order valence-corrected chi connectivity index (χ4v) is 2.66. The lowest BCUT2D eigenvalue weighted by atomic mass is 10.00. The van der Waals surface area contributed by atoms with E-state index in [2.05, 4.69) is 29.3 Å². The zero-order valence-corrected chi connectivity index (χ0v) is 12.3. The summed E-state index contributed by atoms with van der Waals surface area (Å²) >= 11 is 6.15. The summed E-state index contributed by atoms with van der Waals surface area (Å²) in [6, 6.07) is 10.6. The van der Waals surface area contributed by atoms with E-state index in [0.717, 1.165) is 34.0 Å². The number of benzene rings is 2. The van der Waals surface area contributed by atoms with Gasteiger partial charge in [0.05, 0.1) is 16.7 Å². The summed E-state index contributed by atoms with van der Waals surface area (Å²) in [4.78, 5) is 0. The van der Waals surface area contributed by atoms with E-state index in [9.17, 15) is 4.39 Å². The highest BCUT2D eigenvalue weighted by molar-refractivity contribution is 6.32. The standard InChI is InChI=1S/C17H14ClFN2/c1-2-12(15-5-4-14(19)9-16(15)18)7-11-3-6-17-13(8-11)10-20-21-17/h3-10H,2H2,1H3,(H,20,21)/b12-7+. The number of fused-ring (bicyclic) bond motifs is 1. The molecule has 2 aromatic carbocycles. The quantitative estimate of drug-likeness (QED) is 0.653. The lowest BCUT2D eigenvalue weighted by Crippen LogP contribution is -1.87. The maximum absolute atomic E-state index is 13.2. The van der Waals surface area contributed by atoms with E-state index < -0.39 is 0 Å². The van der Waals surface area contributed by atoms with Gasteiger partial charge in [-0.3, -0.25) is 5.10 Å². The van der Waals surface area contributed by atoms with Crippen LogP contribution in [-0.4, -0.2) is 10.2 Å². The molecule has 0 fully saturated rings. The zero-order valence-electron chi connectivity index (χ0n) is 11.5. The van der Waals surface area contributed by atoms with Crippen molar-refractivity contribution in [3.63, 3.8) is 0 Å². The monoisotopic (exact) mass is 300 g/mol. The molecule has 0 aliphatic heterocycles. The van der Waals surface area contributed by atoms with Crippen LogP contribution < -0.4 is 0 Å². The van der Waals surface area contributed by atoms with E-state index in [-0.39, 0.29) is 5.82 Å². The Balaban J connectivity index is 2.05. The summed E-state index contributed by atoms with van der Waals surface area (Å²) < 4.78 is 13.2. The summed E-state index contributed by atoms with van der Waals surface area (Å²) in [5.41, 5.74) is 4.02. The first kappa shape index (κ1) is 13.8. The van der Waals surface area contributed by atoms with Gasteiger partial charge in [0.2, 0.25) is 0 Å². The highest BCUT2D eigenvalue weighted by Crippen LogP contribution is 2.29. The average Bonchev–Trinajstić information content (AvgIpc) is 2.93. The Morgan fingerprint density at radius 2 is 2.14 bits per heavy atom. The molecule has 0 radical (unpaired) electrons. The molecule has 21 heavy (non-hydrogen) atoms. The maximum atomic E-state index is 13.2. The van der Waals surface area contributed by atoms with Crippen molar-refractivity contribution in [2.24, 2.45) is 0 Å². The second-order valence-electron chi connectivity index (χ2n) is 4.86. The number of aromatic amines is 1. The van der Waals surface area contributed by atoms with Crippen LogP contribution in [0, 0.1) is 5.82 Å². The van der Waals surface area contributed by atoms with Crippen LogP contribution >= 0.6 is 11.6 Å². The Morgan fingerprint density at radius 1 is 1.29 bits per heavy atom. The van der Waals surface area contributed by atoms with Gasteiger partial charge in [0.1, 0.15) is 5.82 Å². The van der Waals surface area contributed by atoms with E-state index in [1.165, 1.54) is 12.1 Å². The van der Waals surface area contributed by atoms with Gasteiger partial charge in [-0.25, -0.2) is 4.39 Å². The number of nitrogens with one attached hydrogen (secondary N) is 1. The SMILES string of the molecule is CC/C(=C\c1ccc2[nH]ncc2c1)c1ccc(F)cc1Cl. The van der Waals surface area contributed by atoms with E-state index >= 15 is 0 Å². The second kappa shape index (κ2) is 5.70. The second-order valence-corrected chi connectivity index (χ2v) is 5.27. The zero-order chi connectivity index (χ0) is 14.8. The lowest BCUT2D eigenvalue weighted by molar-refractivity contribution is 0.628. The molecule has 0 saturated heterocycles. The van der Waals surface area contributed by atoms with Gasteiger partial charge in [-0.2, -0.15) is 5.10 Å². The highest BCUT2D eigenvalue weighted by Gasteiger charge is 2.07. The van der Waals surface area contributed by atoms with E-state index in [0.29, 0.717) is 5.02 Å². The predicted octanol–water partition coefficient (Wildman–Crippen LogP) is 5.31. The van der Waals surface area contributed by atoms with Gasteiger partial charge in [-0.15, -0.1) is 0 Å². The molecule has 3 rings (SSSR count). The van der Waals surface area contributed by atoms with Crippen LogP contribution in [0.1, 0.15) is 24.5 Å². The molecule has 0 amide bonds. The van der Waals surface area contributed by atoms with Crippen molar-refractivity contribution < 1.29 is 4.39 Å². The smallest absolute Gasteiger partial charge is 0.124 e. The number of aromatic nitrogens is 2. The summed E-state index contributed by atoms with van der Waals surface area (Å²) in [5, 5.41) is 8.44. The van der Waals surface area contributed by atoms with Crippen LogP contribution in [0.15, 0.2) is 42.6 Å². The van der Waals surface area contributed by atoms with Gasteiger partial charge in [-0.1, -0.05) is 36.7 Å². The molecular weight excluding hydrogens is 287 g/mol. The summed E-state index contributed by atoms with van der Waals surface area (Å²) in [6.45, 7) is 2.06. The van der Waals surface area contributed by atoms with Crippen molar-refractivity contribution in [2.75, 3.05) is 0 Å². The molecule has 0 bridgehead atoms. The number of hydrogen-bond donors (Lipinski definition) is 1. The normalized spacial score (nSPS) is 12.0. The van der Waals surface area contributed by atoms with Gasteiger partial charge in [0.25, 0.3) is 0 Å². The Morgan fingerprint density at radius 3 is 2.90 bits per heavy atom. The third-order valence-corrected chi connectivity index (χ3v) is 3.78. The number of hydrogen-bond acceptors (Lipinski definition) is 1. The van der Waals surface area contributed by atoms with Crippen molar-refractivity contribution >= 4 is 34.2 Å². The summed E-state index contributed by atoms with van der Waals surface area (Å²) in [6.07, 6.45) is 4.68. The molecule has 1 aromatic heterocycles. The number of allylic oxidation sites excluding steroid dienone is 1. The van der Waals surface area contributed by atoms with E-state index in [1.807, 2.05) is 12.1 Å². The molecule has 0 aliphatic carbocycles. The van der Waals surface area contributed by atoms with E-state index in [1.54, 1.807) is 12.3 Å². The van der Waals surface area contributed by atoms with Crippen molar-refractivity contribution in [3.8, 4) is 0 Å². The van der Waals surface area contributed by atoms with Gasteiger partial charge >= 0.3 is 0 Å². The van der Waals surface area contributed by atoms with Crippen LogP contribution in [-0.2, 0) is 0 Å². The third kappa shape index (κ3) is 2.83. The molecule has 1 N–H and O–H groups in total. The first-order valence-electron chi connectivity index (χ1n) is 6.76. The topological polar surface area (TPSA) is 28.7 Å². The largest absolute Gasteiger partial charge is 0.278 e. The first-order valence-corrected chi connectivity index (χ1v) is 7.14. The molecule has 4 heteroatoms. The maximum Gasteiger partial charge on any atom is 0.124 e. The fraction of sp³-hybridized carbons (Fsp3) is 0.118. The fourth-order valence-electron chi connectivity index (χ4n) is 2.37. The molecule has 3 aromatic rings. The highest BCUT2D eigenvalue weighted by atomic mass is 35.5. The average molecular weight is 301 g/mol. The number of halogens is 2. The Hall–Kier alpha value is -2.13. The van der Waals surface area contributed by atoms with Crippen LogP contribution in [0.3, 0.4) is 0 Å². The van der Waals surface area contributed by atoms with Crippen molar-refractivity contribution in [3.05, 3.63) is 64.6 Å². The van der Waals surface area contributed by atoms with Crippen LogP contribution in [0.2, 0.25) is 5.02 Å². The summed E-state index contributed by atoms with van der Waals surface area (Å²) in [7, 11) is 0. The van der Waals surface area contributed by atoms with Crippen molar-refractivity contribution in [1.82, 2.24) is 10.2 Å². The minimum absolute atomic E-state index is 0.320. The molecule has 0 unspecified atom stereocenters. The molecule has 2 nitrogen and oxygen atoms in total. The van der Waals surface area contributed by atoms with Gasteiger partial charge in [0.15, 0.2) is 0 Å². The minimum atomic E-state index is -0.320. The summed E-state index contributed by atoms with van der Waals surface area (Å²) in [5.74, 6) is -0.320. The number of rotatable bonds is 3. The molecule has 106 valence electrons. The molecular formula is C17H14ClFN2. The minimum Gasteiger partial charge on any atom is -0.278 e. The van der Waals surface area contributed by atoms with Crippen LogP contribution in [0.25, 0.3) is 22.6 Å². The number of H-pyrrole nitrogens is 1. The van der Waals surface area contributed by atoms with Crippen molar-refractivity contribution in [2.45, 2.75) is 13.3 Å². The van der Waals surface area contributed by atoms with E-state index in [4.69, 9.17) is 11.6 Å². The Bertz CT molecular complexity index is 821. The van der Waals surface area contributed by atoms with Gasteiger partial charge in [0, 0.05) is 5.39 Å². The van der Waals surface area contributed by atoms with Crippen LogP contribution in [0.5, 0.6) is 0 Å². The number of nitrogens with zero attached hydrogens (tertiary/aromatic N) is 1. The molecule has 0 saturated carbocycles. The molecule has 0 aliphatic rings. The van der Waals surface area contributed by atoms with Crippen LogP contribution in [0.4, 0.5) is 4.39 Å². The molecule has 0 atom stereocenters. The predicted molar refractivity (Wildman–Crippen MR) is 85.7 cm³/mol. The van der Waals surface area contributed by atoms with Gasteiger partial charge in [-0.05, 0) is 47.4 Å². The first-order chi connectivity index (χ1) is 10.2. The Kier molecular flexibility index (Phi) is 3.76. The third-order valence-electron chi connectivity index (χ3n) is 3.46. The molecule has 0 spiro atoms. The lowest BCUT2D eigenvalue weighted by Gasteiger charge is -2.08. The molecule has 1 heterocycles. The van der Waals surface area contributed by atoms with Gasteiger partial charge < -0.3 is 0 Å².